The van der Waals surface area contributed by atoms with E-state index >= 15 is 0 Å². The van der Waals surface area contributed by atoms with Gasteiger partial charge in [-0.05, 0) is 48.5 Å². The maximum Gasteiger partial charge on any atom is 0.213 e. The largest absolute Gasteiger partial charge is 0.384 e. The minimum Gasteiger partial charge on any atom is -0.384 e. The molecule has 2 saturated heterocycles. The maximum absolute atomic E-state index is 12.9. The third-order valence-electron chi connectivity index (χ3n) is 8.41. The third-order valence-corrected chi connectivity index (χ3v) is 8.41. The molecule has 44 heavy (non-hydrogen) atoms. The highest BCUT2D eigenvalue weighted by molar-refractivity contribution is 6.06. The quantitative estimate of drug-likeness (QED) is 0.105. The lowest BCUT2D eigenvalue weighted by Gasteiger charge is -2.59. The first-order valence-corrected chi connectivity index (χ1v) is 13.0. The van der Waals surface area contributed by atoms with Crippen molar-refractivity contribution in [2.45, 2.75) is 120 Å². The summed E-state index contributed by atoms with van der Waals surface area (Å²) in [4.78, 5) is 88.0. The fourth-order valence-corrected chi connectivity index (χ4v) is 5.70. The van der Waals surface area contributed by atoms with Crippen molar-refractivity contribution in [2.24, 2.45) is 0 Å². The second-order valence-corrected chi connectivity index (χ2v) is 11.1. The molecule has 0 aromatic carbocycles. The van der Waals surface area contributed by atoms with Crippen molar-refractivity contribution in [1.29, 1.82) is 0 Å². The molecular weight excluding hydrogens is 600 g/mol. The van der Waals surface area contributed by atoms with Crippen LogP contribution in [0.5, 0.6) is 0 Å². The molecule has 0 radical (unpaired) electrons. The van der Waals surface area contributed by atoms with Crippen molar-refractivity contribution in [3.8, 4) is 0 Å². The molecule has 0 aliphatic carbocycles. The van der Waals surface area contributed by atoms with Crippen LogP contribution in [0.4, 0.5) is 0 Å². The molecule has 2 fully saturated rings. The van der Waals surface area contributed by atoms with Gasteiger partial charge in [-0.2, -0.15) is 0 Å². The number of hydrogen-bond acceptors (Lipinski definition) is 18. The summed E-state index contributed by atoms with van der Waals surface area (Å²) in [6.45, 7) is 4.19. The van der Waals surface area contributed by atoms with Crippen LogP contribution in [-0.2, 0) is 47.8 Å². The minimum absolute atomic E-state index is 0.494. The molecule has 2 unspecified atom stereocenters. The number of carbonyl (C=O) groups is 7. The van der Waals surface area contributed by atoms with E-state index in [4.69, 9.17) is 14.2 Å². The van der Waals surface area contributed by atoms with E-state index in [1.165, 1.54) is 0 Å². The second kappa shape index (κ2) is 11.9. The first-order chi connectivity index (χ1) is 19.8. The lowest BCUT2D eigenvalue weighted by atomic mass is 9.60. The van der Waals surface area contributed by atoms with Crippen molar-refractivity contribution in [3.63, 3.8) is 0 Å². The zero-order chi connectivity index (χ0) is 34.7. The van der Waals surface area contributed by atoms with Crippen molar-refractivity contribution < 1.29 is 88.6 Å². The summed E-state index contributed by atoms with van der Waals surface area (Å²) in [5.74, 6) is -10.5. The van der Waals surface area contributed by atoms with Gasteiger partial charge in [0.2, 0.25) is 17.5 Å². The predicted molar refractivity (Wildman–Crippen MR) is 136 cm³/mol. The molecule has 0 bridgehead atoms. The number of ether oxygens (including phenoxy) is 3. The van der Waals surface area contributed by atoms with Crippen molar-refractivity contribution in [2.75, 3.05) is 0 Å². The van der Waals surface area contributed by atoms with Gasteiger partial charge in [-0.1, -0.05) is 0 Å². The molecule has 2 aliphatic rings. The number of ketones is 7. The molecular formula is C26H36O18. The fourth-order valence-electron chi connectivity index (χ4n) is 5.70. The summed E-state index contributed by atoms with van der Waals surface area (Å²) in [7, 11) is 0. The highest BCUT2D eigenvalue weighted by Crippen LogP contribution is 2.49. The van der Waals surface area contributed by atoms with Crippen LogP contribution >= 0.6 is 0 Å². The molecule has 0 saturated carbocycles. The Bertz CT molecular complexity index is 1280. The molecule has 2 heterocycles. The maximum atomic E-state index is 12.9. The number of hydrogen-bond donors (Lipinski definition) is 8. The standard InChI is InChI=1S/C26H36O18/c1-8(27)15(34)18-23(38,11(4)30)22(37,10(3)29)17(36)20(42-18)44-21-25(40,13(6)32)26(41,14(7)33)24(39,12(5)31)19(43-21)16(35)9(2)28/h15-21,34-41H,1-7H3/t15?,16?,17-,18-,19-,20-,21+,22-,23-,24-,25-,26+/m1/s1. The van der Waals surface area contributed by atoms with E-state index in [2.05, 4.69) is 0 Å². The minimum atomic E-state index is -4.00. The zero-order valence-electron chi connectivity index (χ0n) is 24.7. The molecule has 18 nitrogen and oxygen atoms in total. The first-order valence-electron chi connectivity index (χ1n) is 13.0. The summed E-state index contributed by atoms with van der Waals surface area (Å²) < 4.78 is 15.8. The molecule has 8 N–H and O–H groups in total. The molecule has 248 valence electrons. The van der Waals surface area contributed by atoms with Crippen LogP contribution in [-0.4, -0.2) is 152 Å². The van der Waals surface area contributed by atoms with Crippen LogP contribution in [0, 0.1) is 0 Å². The summed E-state index contributed by atoms with van der Waals surface area (Å²) in [6.07, 6.45) is -19.1. The first kappa shape index (κ1) is 37.4. The van der Waals surface area contributed by atoms with Gasteiger partial charge in [-0.15, -0.1) is 0 Å². The molecule has 0 aromatic rings. The van der Waals surface area contributed by atoms with Crippen LogP contribution < -0.4 is 0 Å². The Morgan fingerprint density at radius 3 is 1.25 bits per heavy atom. The average Bonchev–Trinajstić information content (AvgIpc) is 2.91. The number of rotatable bonds is 11. The summed E-state index contributed by atoms with van der Waals surface area (Å²) in [5, 5.41) is 89.3. The average molecular weight is 637 g/mol. The lowest BCUT2D eigenvalue weighted by Crippen LogP contribution is -2.88. The Kier molecular flexibility index (Phi) is 10.1. The van der Waals surface area contributed by atoms with Gasteiger partial charge in [-0.25, -0.2) is 0 Å². The van der Waals surface area contributed by atoms with E-state index in [9.17, 15) is 74.4 Å². The zero-order valence-corrected chi connectivity index (χ0v) is 24.7. The predicted octanol–water partition coefficient (Wildman–Crippen LogP) is -5.69. The van der Waals surface area contributed by atoms with Crippen molar-refractivity contribution >= 4 is 40.5 Å². The third kappa shape index (κ3) is 4.72. The van der Waals surface area contributed by atoms with Gasteiger partial charge in [0.1, 0.15) is 30.5 Å². The van der Waals surface area contributed by atoms with Crippen LogP contribution in [0.15, 0.2) is 0 Å². The topological polar surface area (TPSA) is 309 Å². The Hall–Kier alpha value is -2.75. The van der Waals surface area contributed by atoms with Gasteiger partial charge in [-0.3, -0.25) is 33.6 Å². The molecule has 0 amide bonds. The second-order valence-electron chi connectivity index (χ2n) is 11.1. The van der Waals surface area contributed by atoms with Gasteiger partial charge in [0, 0.05) is 0 Å². The van der Waals surface area contributed by atoms with Gasteiger partial charge in [0.25, 0.3) is 0 Å². The van der Waals surface area contributed by atoms with E-state index in [1.54, 1.807) is 0 Å². The number of aliphatic hydroxyl groups is 8. The summed E-state index contributed by atoms with van der Waals surface area (Å²) in [6, 6.07) is 0. The van der Waals surface area contributed by atoms with E-state index < -0.39 is 112 Å². The van der Waals surface area contributed by atoms with Crippen molar-refractivity contribution in [3.05, 3.63) is 0 Å². The number of aliphatic hydroxyl groups excluding tert-OH is 3. The summed E-state index contributed by atoms with van der Waals surface area (Å²) in [5.41, 5.74) is -18.9. The van der Waals surface area contributed by atoms with E-state index in [1.807, 2.05) is 0 Å². The van der Waals surface area contributed by atoms with Gasteiger partial charge in [0.15, 0.2) is 63.6 Å². The van der Waals surface area contributed by atoms with Gasteiger partial charge >= 0.3 is 0 Å². The monoisotopic (exact) mass is 636 g/mol. The molecule has 18 heteroatoms. The van der Waals surface area contributed by atoms with Crippen LogP contribution in [0.3, 0.4) is 0 Å². The Labute approximate surface area is 249 Å². The molecule has 2 aliphatic heterocycles. The Morgan fingerprint density at radius 2 is 0.932 bits per heavy atom. The van der Waals surface area contributed by atoms with E-state index in [0.717, 1.165) is 13.8 Å². The SMILES string of the molecule is CC(=O)C(O)[C@H]1O[C@@H](O[C@H]2O[C@H](C(O)C(C)=O)[C@](O)(C(C)=O)[C@@](O)(C(C)=O)[C@@H]2O)[C@](O)(C(C)=O)[C@](O)(C(C)=O)[C@@]1(O)C(C)=O. The number of Topliss-reactive ketones (excluding diaryl/α,β-unsaturated/α-hetero) is 7. The lowest BCUT2D eigenvalue weighted by molar-refractivity contribution is -0.422. The molecule has 2 rings (SSSR count). The molecule has 12 atom stereocenters. The smallest absolute Gasteiger partial charge is 0.213 e. The van der Waals surface area contributed by atoms with Crippen LogP contribution in [0.2, 0.25) is 0 Å². The normalized spacial score (nSPS) is 42.1. The van der Waals surface area contributed by atoms with Gasteiger partial charge in [0.05, 0.1) is 0 Å². The molecule has 0 spiro atoms. The summed E-state index contributed by atoms with van der Waals surface area (Å²) >= 11 is 0. The Morgan fingerprint density at radius 1 is 0.568 bits per heavy atom. The highest BCUT2D eigenvalue weighted by Gasteiger charge is 2.80. The van der Waals surface area contributed by atoms with E-state index in [0.29, 0.717) is 34.6 Å². The van der Waals surface area contributed by atoms with E-state index in [-0.39, 0.29) is 0 Å². The van der Waals surface area contributed by atoms with Gasteiger partial charge < -0.3 is 55.1 Å². The van der Waals surface area contributed by atoms with Crippen LogP contribution in [0.25, 0.3) is 0 Å². The molecule has 0 aromatic heterocycles. The fraction of sp³-hybridized carbons (Fsp3) is 0.731. The van der Waals surface area contributed by atoms with Crippen molar-refractivity contribution in [1.82, 2.24) is 0 Å². The number of carbonyl (C=O) groups excluding carboxylic acids is 7. The van der Waals surface area contributed by atoms with Crippen LogP contribution in [0.1, 0.15) is 48.5 Å². The highest BCUT2D eigenvalue weighted by atomic mass is 16.8. The Balaban J connectivity index is 2.93.